The molecular formula is C70H130O6. The summed E-state index contributed by atoms with van der Waals surface area (Å²) in [5, 5.41) is 0. The quantitative estimate of drug-likeness (QED) is 0.0261. The van der Waals surface area contributed by atoms with E-state index in [1.807, 2.05) is 0 Å². The highest BCUT2D eigenvalue weighted by atomic mass is 16.6. The second-order valence-electron chi connectivity index (χ2n) is 23.1. The van der Waals surface area contributed by atoms with E-state index in [-0.39, 0.29) is 31.1 Å². The Morgan fingerprint density at radius 3 is 0.737 bits per heavy atom. The summed E-state index contributed by atoms with van der Waals surface area (Å²) in [5.74, 6) is -0.846. The van der Waals surface area contributed by atoms with Gasteiger partial charge < -0.3 is 14.2 Å². The van der Waals surface area contributed by atoms with Crippen LogP contribution in [0.3, 0.4) is 0 Å². The van der Waals surface area contributed by atoms with Gasteiger partial charge in [-0.25, -0.2) is 0 Å². The van der Waals surface area contributed by atoms with Crippen LogP contribution in [-0.2, 0) is 28.6 Å². The monoisotopic (exact) mass is 1070 g/mol. The zero-order valence-corrected chi connectivity index (χ0v) is 51.3. The highest BCUT2D eigenvalue weighted by Gasteiger charge is 2.19. The Labute approximate surface area is 474 Å². The summed E-state index contributed by atoms with van der Waals surface area (Å²) in [5.41, 5.74) is 0. The standard InChI is InChI=1S/C70H130O6/c1-4-7-10-13-16-19-22-24-26-28-30-31-32-33-34-35-36-37-38-39-41-42-44-46-48-51-54-57-60-63-69(72)75-66-67(65-74-68(71)62-59-56-53-50-21-18-15-12-9-6-3)76-70(73)64-61-58-55-52-49-47-45-43-40-29-27-25-23-20-17-14-11-8-5-2/h22,24-25,27-28,30,67H,4-21,23,26,29,31-66H2,1-3H3/b24-22-,27-25-,30-28-. The Morgan fingerprint density at radius 1 is 0.263 bits per heavy atom. The van der Waals surface area contributed by atoms with Gasteiger partial charge in [-0.05, 0) is 77.0 Å². The van der Waals surface area contributed by atoms with E-state index in [1.54, 1.807) is 0 Å². The minimum absolute atomic E-state index is 0.0675. The van der Waals surface area contributed by atoms with Crippen molar-refractivity contribution in [3.05, 3.63) is 36.5 Å². The SMILES string of the molecule is CCCCCCC/C=C\C/C=C\CCCCCCCCCCCCCCCCCCCC(=O)OCC(COC(=O)CCCCCCCCCCCC)OC(=O)CCCCCCCCCCC/C=C\CCCCCCCC. The number of hydrogen-bond donors (Lipinski definition) is 0. The summed E-state index contributed by atoms with van der Waals surface area (Å²) in [6.45, 7) is 6.67. The zero-order chi connectivity index (χ0) is 55.0. The van der Waals surface area contributed by atoms with Gasteiger partial charge in [0.15, 0.2) is 6.10 Å². The van der Waals surface area contributed by atoms with Crippen molar-refractivity contribution in [1.29, 1.82) is 0 Å². The number of carbonyl (C=O) groups is 3. The molecule has 0 bridgehead atoms. The van der Waals surface area contributed by atoms with Crippen molar-refractivity contribution in [1.82, 2.24) is 0 Å². The predicted octanol–water partition coefficient (Wildman–Crippen LogP) is 23.2. The lowest BCUT2D eigenvalue weighted by Gasteiger charge is -2.18. The Hall–Kier alpha value is -2.37. The molecule has 0 rings (SSSR count). The van der Waals surface area contributed by atoms with Crippen LogP contribution in [0.25, 0.3) is 0 Å². The number of carbonyl (C=O) groups excluding carboxylic acids is 3. The molecule has 1 unspecified atom stereocenters. The molecular weight excluding hydrogens is 937 g/mol. The summed E-state index contributed by atoms with van der Waals surface area (Å²) in [4.78, 5) is 38.3. The first-order chi connectivity index (χ1) is 37.5. The summed E-state index contributed by atoms with van der Waals surface area (Å²) in [6.07, 6.45) is 80.3. The Morgan fingerprint density at radius 2 is 0.474 bits per heavy atom. The maximum absolute atomic E-state index is 12.9. The summed E-state index contributed by atoms with van der Waals surface area (Å²) in [6, 6.07) is 0. The number of unbranched alkanes of at least 4 members (excludes halogenated alkanes) is 46. The number of esters is 3. The van der Waals surface area contributed by atoms with Crippen molar-refractivity contribution in [2.24, 2.45) is 0 Å². The summed E-state index contributed by atoms with van der Waals surface area (Å²) >= 11 is 0. The van der Waals surface area contributed by atoms with Crippen molar-refractivity contribution in [2.45, 2.75) is 380 Å². The molecule has 0 aromatic heterocycles. The van der Waals surface area contributed by atoms with Gasteiger partial charge in [-0.15, -0.1) is 0 Å². The van der Waals surface area contributed by atoms with Gasteiger partial charge in [0, 0.05) is 19.3 Å². The lowest BCUT2D eigenvalue weighted by molar-refractivity contribution is -0.167. The second-order valence-corrected chi connectivity index (χ2v) is 23.1. The molecule has 0 saturated heterocycles. The van der Waals surface area contributed by atoms with Gasteiger partial charge in [-0.3, -0.25) is 14.4 Å². The molecule has 76 heavy (non-hydrogen) atoms. The normalized spacial score (nSPS) is 12.2. The van der Waals surface area contributed by atoms with Gasteiger partial charge in [0.2, 0.25) is 0 Å². The molecule has 0 saturated carbocycles. The molecule has 0 aliphatic heterocycles. The smallest absolute Gasteiger partial charge is 0.306 e. The van der Waals surface area contributed by atoms with E-state index < -0.39 is 6.10 Å². The van der Waals surface area contributed by atoms with Gasteiger partial charge in [0.25, 0.3) is 0 Å². The zero-order valence-electron chi connectivity index (χ0n) is 51.3. The molecule has 0 aromatic carbocycles. The van der Waals surface area contributed by atoms with Crippen LogP contribution in [0.5, 0.6) is 0 Å². The van der Waals surface area contributed by atoms with Gasteiger partial charge >= 0.3 is 17.9 Å². The minimum Gasteiger partial charge on any atom is -0.462 e. The summed E-state index contributed by atoms with van der Waals surface area (Å²) in [7, 11) is 0. The maximum atomic E-state index is 12.9. The van der Waals surface area contributed by atoms with E-state index in [0.717, 1.165) is 64.2 Å². The molecule has 0 N–H and O–H groups in total. The van der Waals surface area contributed by atoms with Crippen LogP contribution < -0.4 is 0 Å². The van der Waals surface area contributed by atoms with Crippen molar-refractivity contribution < 1.29 is 28.6 Å². The fourth-order valence-electron chi connectivity index (χ4n) is 10.2. The van der Waals surface area contributed by atoms with Crippen LogP contribution in [0, 0.1) is 0 Å². The largest absolute Gasteiger partial charge is 0.462 e. The van der Waals surface area contributed by atoms with Crippen LogP contribution in [0.4, 0.5) is 0 Å². The molecule has 6 nitrogen and oxygen atoms in total. The number of ether oxygens (including phenoxy) is 3. The Kier molecular flexibility index (Phi) is 63.1. The Bertz CT molecular complexity index is 1270. The lowest BCUT2D eigenvalue weighted by atomic mass is 10.0. The van der Waals surface area contributed by atoms with E-state index in [1.165, 1.54) is 270 Å². The topological polar surface area (TPSA) is 78.9 Å². The molecule has 0 amide bonds. The van der Waals surface area contributed by atoms with Crippen LogP contribution in [0.2, 0.25) is 0 Å². The van der Waals surface area contributed by atoms with Gasteiger partial charge in [-0.1, -0.05) is 314 Å². The fraction of sp³-hybridized carbons (Fsp3) is 0.871. The maximum Gasteiger partial charge on any atom is 0.306 e. The van der Waals surface area contributed by atoms with Crippen LogP contribution in [-0.4, -0.2) is 37.2 Å². The minimum atomic E-state index is -0.769. The average Bonchev–Trinajstić information content (AvgIpc) is 3.42. The molecule has 0 heterocycles. The number of allylic oxidation sites excluding steroid dienone is 6. The van der Waals surface area contributed by atoms with Gasteiger partial charge in [0.1, 0.15) is 13.2 Å². The molecule has 0 spiro atoms. The molecule has 0 aliphatic rings. The van der Waals surface area contributed by atoms with E-state index in [4.69, 9.17) is 14.2 Å². The van der Waals surface area contributed by atoms with Gasteiger partial charge in [0.05, 0.1) is 0 Å². The van der Waals surface area contributed by atoms with E-state index in [2.05, 4.69) is 57.2 Å². The lowest BCUT2D eigenvalue weighted by Crippen LogP contribution is -2.30. The first kappa shape index (κ1) is 73.6. The van der Waals surface area contributed by atoms with Crippen LogP contribution in [0.15, 0.2) is 36.5 Å². The highest BCUT2D eigenvalue weighted by molar-refractivity contribution is 5.71. The molecule has 0 radical (unpaired) electrons. The predicted molar refractivity (Wildman–Crippen MR) is 330 cm³/mol. The van der Waals surface area contributed by atoms with Crippen molar-refractivity contribution in [2.75, 3.05) is 13.2 Å². The van der Waals surface area contributed by atoms with Crippen LogP contribution in [0.1, 0.15) is 374 Å². The molecule has 0 aliphatic carbocycles. The van der Waals surface area contributed by atoms with Crippen molar-refractivity contribution >= 4 is 17.9 Å². The third kappa shape index (κ3) is 62.5. The number of hydrogen-bond acceptors (Lipinski definition) is 6. The van der Waals surface area contributed by atoms with Crippen molar-refractivity contribution in [3.8, 4) is 0 Å². The van der Waals surface area contributed by atoms with E-state index in [0.29, 0.717) is 19.3 Å². The number of rotatable bonds is 63. The van der Waals surface area contributed by atoms with Crippen LogP contribution >= 0.6 is 0 Å². The molecule has 0 aromatic rings. The summed E-state index contributed by atoms with van der Waals surface area (Å²) < 4.78 is 16.9. The molecule has 6 heteroatoms. The molecule has 446 valence electrons. The average molecular weight is 1070 g/mol. The van der Waals surface area contributed by atoms with E-state index >= 15 is 0 Å². The second kappa shape index (κ2) is 65.2. The molecule has 1 atom stereocenters. The highest BCUT2D eigenvalue weighted by Crippen LogP contribution is 2.18. The third-order valence-corrected chi connectivity index (χ3v) is 15.4. The van der Waals surface area contributed by atoms with Gasteiger partial charge in [-0.2, -0.15) is 0 Å². The first-order valence-corrected chi connectivity index (χ1v) is 34.0. The van der Waals surface area contributed by atoms with Crippen molar-refractivity contribution in [3.63, 3.8) is 0 Å². The third-order valence-electron chi connectivity index (χ3n) is 15.4. The Balaban J connectivity index is 4.13. The first-order valence-electron chi connectivity index (χ1n) is 34.0. The molecule has 0 fully saturated rings. The fourth-order valence-corrected chi connectivity index (χ4v) is 10.2. The van der Waals surface area contributed by atoms with E-state index in [9.17, 15) is 14.4 Å².